The molecule has 5 heteroatoms. The number of halogens is 1. The molecule has 18 heavy (non-hydrogen) atoms. The van der Waals surface area contributed by atoms with Crippen LogP contribution in [0.4, 0.5) is 10.1 Å². The van der Waals surface area contributed by atoms with Crippen molar-refractivity contribution in [1.29, 1.82) is 0 Å². The van der Waals surface area contributed by atoms with Crippen LogP contribution in [-0.2, 0) is 6.42 Å². The fourth-order valence-electron chi connectivity index (χ4n) is 1.86. The van der Waals surface area contributed by atoms with E-state index in [-0.39, 0.29) is 5.82 Å². The van der Waals surface area contributed by atoms with Gasteiger partial charge in [-0.25, -0.2) is 13.9 Å². The first-order valence-electron chi connectivity index (χ1n) is 5.57. The van der Waals surface area contributed by atoms with Gasteiger partial charge >= 0.3 is 0 Å². The molecule has 4 nitrogen and oxygen atoms in total. The molecule has 0 atom stereocenters. The summed E-state index contributed by atoms with van der Waals surface area (Å²) >= 11 is 0. The highest BCUT2D eigenvalue weighted by atomic mass is 19.1. The van der Waals surface area contributed by atoms with Crippen molar-refractivity contribution < 1.29 is 4.39 Å². The third-order valence-electron chi connectivity index (χ3n) is 2.74. The SMILES string of the molecule is Nc1cccn2nc(Cc3ccccc3F)nc12. The van der Waals surface area contributed by atoms with Crippen molar-refractivity contribution in [2.45, 2.75) is 6.42 Å². The molecule has 0 unspecified atom stereocenters. The van der Waals surface area contributed by atoms with Crippen LogP contribution in [0.15, 0.2) is 42.6 Å². The van der Waals surface area contributed by atoms with Crippen molar-refractivity contribution in [3.05, 3.63) is 59.8 Å². The lowest BCUT2D eigenvalue weighted by Crippen LogP contribution is -1.95. The second-order valence-corrected chi connectivity index (χ2v) is 4.03. The molecule has 0 saturated carbocycles. The zero-order valence-corrected chi connectivity index (χ0v) is 9.55. The minimum Gasteiger partial charge on any atom is -0.396 e. The van der Waals surface area contributed by atoms with Crippen LogP contribution in [0.1, 0.15) is 11.4 Å². The van der Waals surface area contributed by atoms with Crippen LogP contribution in [-0.4, -0.2) is 14.6 Å². The van der Waals surface area contributed by atoms with E-state index in [2.05, 4.69) is 10.1 Å². The Morgan fingerprint density at radius 3 is 2.78 bits per heavy atom. The van der Waals surface area contributed by atoms with Gasteiger partial charge in [-0.3, -0.25) is 0 Å². The maximum absolute atomic E-state index is 13.5. The minimum atomic E-state index is -0.246. The van der Waals surface area contributed by atoms with Crippen molar-refractivity contribution in [1.82, 2.24) is 14.6 Å². The number of anilines is 1. The summed E-state index contributed by atoms with van der Waals surface area (Å²) in [4.78, 5) is 4.31. The van der Waals surface area contributed by atoms with E-state index >= 15 is 0 Å². The molecule has 0 radical (unpaired) electrons. The Morgan fingerprint density at radius 1 is 1.17 bits per heavy atom. The summed E-state index contributed by atoms with van der Waals surface area (Å²) in [7, 11) is 0. The Bertz CT molecular complexity index is 705. The Kier molecular flexibility index (Phi) is 2.44. The molecule has 0 aliphatic rings. The normalized spacial score (nSPS) is 10.9. The molecule has 0 aliphatic heterocycles. The average molecular weight is 242 g/mol. The number of rotatable bonds is 2. The fourth-order valence-corrected chi connectivity index (χ4v) is 1.86. The summed E-state index contributed by atoms with van der Waals surface area (Å²) < 4.78 is 15.1. The Labute approximate surface area is 103 Å². The summed E-state index contributed by atoms with van der Waals surface area (Å²) in [6, 6.07) is 10.2. The standard InChI is InChI=1S/C13H11FN4/c14-10-5-2-1-4-9(10)8-12-16-13-11(15)6-3-7-18(13)17-12/h1-7H,8,15H2. The van der Waals surface area contributed by atoms with E-state index in [1.54, 1.807) is 41.0 Å². The molecule has 0 bridgehead atoms. The highest BCUT2D eigenvalue weighted by molar-refractivity contribution is 5.63. The number of hydrogen-bond donors (Lipinski definition) is 1. The van der Waals surface area contributed by atoms with Gasteiger partial charge in [0.15, 0.2) is 11.5 Å². The van der Waals surface area contributed by atoms with E-state index in [1.165, 1.54) is 6.07 Å². The van der Waals surface area contributed by atoms with Gasteiger partial charge in [-0.1, -0.05) is 18.2 Å². The lowest BCUT2D eigenvalue weighted by Gasteiger charge is -1.97. The molecule has 0 saturated heterocycles. The second kappa shape index (κ2) is 4.10. The number of aromatic nitrogens is 3. The lowest BCUT2D eigenvalue weighted by molar-refractivity contribution is 0.612. The summed E-state index contributed by atoms with van der Waals surface area (Å²) in [5.41, 5.74) is 7.53. The van der Waals surface area contributed by atoms with Crippen molar-refractivity contribution in [3.8, 4) is 0 Å². The van der Waals surface area contributed by atoms with E-state index in [0.29, 0.717) is 29.1 Å². The highest BCUT2D eigenvalue weighted by Crippen LogP contribution is 2.14. The second-order valence-electron chi connectivity index (χ2n) is 4.03. The predicted octanol–water partition coefficient (Wildman–Crippen LogP) is 2.04. The Morgan fingerprint density at radius 2 is 2.00 bits per heavy atom. The molecule has 3 aromatic rings. The molecule has 2 aromatic heterocycles. The van der Waals surface area contributed by atoms with Gasteiger partial charge in [-0.15, -0.1) is 0 Å². The summed E-state index contributed by atoms with van der Waals surface area (Å²) in [5.74, 6) is 0.308. The summed E-state index contributed by atoms with van der Waals surface area (Å²) in [5, 5.41) is 4.27. The van der Waals surface area contributed by atoms with E-state index in [1.807, 2.05) is 0 Å². The molecule has 3 rings (SSSR count). The maximum atomic E-state index is 13.5. The van der Waals surface area contributed by atoms with Gasteiger partial charge in [0.2, 0.25) is 0 Å². The molecule has 2 heterocycles. The molecule has 0 fully saturated rings. The molecule has 0 aliphatic carbocycles. The highest BCUT2D eigenvalue weighted by Gasteiger charge is 2.09. The number of nitrogen functional groups attached to an aromatic ring is 1. The number of nitrogens with two attached hydrogens (primary N) is 1. The van der Waals surface area contributed by atoms with Gasteiger partial charge < -0.3 is 5.73 Å². The van der Waals surface area contributed by atoms with Gasteiger partial charge in [-0.2, -0.15) is 5.10 Å². The van der Waals surface area contributed by atoms with E-state index in [9.17, 15) is 4.39 Å². The molecule has 1 aromatic carbocycles. The van der Waals surface area contributed by atoms with Crippen LogP contribution in [0.3, 0.4) is 0 Å². The zero-order valence-electron chi connectivity index (χ0n) is 9.55. The number of nitrogens with zero attached hydrogens (tertiary/aromatic N) is 3. The Balaban J connectivity index is 2.01. The summed E-state index contributed by atoms with van der Waals surface area (Å²) in [6.07, 6.45) is 2.12. The van der Waals surface area contributed by atoms with Crippen LogP contribution < -0.4 is 5.73 Å². The number of fused-ring (bicyclic) bond motifs is 1. The summed E-state index contributed by atoms with van der Waals surface area (Å²) in [6.45, 7) is 0. The lowest BCUT2D eigenvalue weighted by atomic mass is 10.1. The average Bonchev–Trinajstić information content (AvgIpc) is 2.76. The third kappa shape index (κ3) is 1.79. The minimum absolute atomic E-state index is 0.246. The largest absolute Gasteiger partial charge is 0.396 e. The van der Waals surface area contributed by atoms with E-state index in [0.717, 1.165) is 0 Å². The first-order valence-corrected chi connectivity index (χ1v) is 5.57. The molecule has 2 N–H and O–H groups in total. The van der Waals surface area contributed by atoms with Crippen molar-refractivity contribution in [3.63, 3.8) is 0 Å². The number of pyridine rings is 1. The zero-order chi connectivity index (χ0) is 12.5. The van der Waals surface area contributed by atoms with Crippen LogP contribution in [0.25, 0.3) is 5.65 Å². The first kappa shape index (κ1) is 10.7. The van der Waals surface area contributed by atoms with Crippen LogP contribution in [0.2, 0.25) is 0 Å². The van der Waals surface area contributed by atoms with Gasteiger partial charge in [0.05, 0.1) is 5.69 Å². The molecule has 0 spiro atoms. The quantitative estimate of drug-likeness (QED) is 0.748. The van der Waals surface area contributed by atoms with Crippen molar-refractivity contribution in [2.24, 2.45) is 0 Å². The van der Waals surface area contributed by atoms with Crippen LogP contribution >= 0.6 is 0 Å². The number of benzene rings is 1. The fraction of sp³-hybridized carbons (Fsp3) is 0.0769. The first-order chi connectivity index (χ1) is 8.74. The van der Waals surface area contributed by atoms with Crippen molar-refractivity contribution >= 4 is 11.3 Å². The van der Waals surface area contributed by atoms with Gasteiger partial charge in [0.1, 0.15) is 5.82 Å². The Hall–Kier alpha value is -2.43. The van der Waals surface area contributed by atoms with Gasteiger partial charge in [-0.05, 0) is 23.8 Å². The number of hydrogen-bond acceptors (Lipinski definition) is 3. The van der Waals surface area contributed by atoms with Gasteiger partial charge in [0, 0.05) is 12.6 Å². The van der Waals surface area contributed by atoms with E-state index < -0.39 is 0 Å². The third-order valence-corrected chi connectivity index (χ3v) is 2.74. The predicted molar refractivity (Wildman–Crippen MR) is 66.6 cm³/mol. The smallest absolute Gasteiger partial charge is 0.178 e. The monoisotopic (exact) mass is 242 g/mol. The molecule has 0 amide bonds. The van der Waals surface area contributed by atoms with Gasteiger partial charge in [0.25, 0.3) is 0 Å². The molecule has 90 valence electrons. The topological polar surface area (TPSA) is 56.2 Å². The van der Waals surface area contributed by atoms with Crippen LogP contribution in [0.5, 0.6) is 0 Å². The van der Waals surface area contributed by atoms with E-state index in [4.69, 9.17) is 5.73 Å². The molecular weight excluding hydrogens is 231 g/mol. The maximum Gasteiger partial charge on any atom is 0.178 e. The molecular formula is C13H11FN4. The van der Waals surface area contributed by atoms with Crippen molar-refractivity contribution in [2.75, 3.05) is 5.73 Å². The van der Waals surface area contributed by atoms with Crippen LogP contribution in [0, 0.1) is 5.82 Å².